The van der Waals surface area contributed by atoms with Gasteiger partial charge < -0.3 is 19.3 Å². The SMILES string of the molecule is CCc1nn(-c2ccccc2)c(Oc2ccccc2OC)c1CN(C[C@H](O)COCC(C)C)C1CC1. The number of ether oxygens (including phenoxy) is 3. The maximum absolute atomic E-state index is 10.7. The molecule has 0 radical (unpaired) electrons. The highest BCUT2D eigenvalue weighted by Gasteiger charge is 2.33. The molecule has 1 aromatic heterocycles. The number of rotatable bonds is 14. The minimum absolute atomic E-state index is 0.343. The van der Waals surface area contributed by atoms with E-state index in [0.29, 0.717) is 55.6 Å². The minimum Gasteiger partial charge on any atom is -0.493 e. The van der Waals surface area contributed by atoms with Crippen LogP contribution in [0.25, 0.3) is 5.69 Å². The summed E-state index contributed by atoms with van der Waals surface area (Å²) in [4.78, 5) is 2.35. The van der Waals surface area contributed by atoms with Gasteiger partial charge in [-0.2, -0.15) is 5.10 Å². The number of aliphatic hydroxyl groups excluding tert-OH is 1. The van der Waals surface area contributed by atoms with E-state index < -0.39 is 6.10 Å². The van der Waals surface area contributed by atoms with Crippen LogP contribution in [-0.4, -0.2) is 58.8 Å². The Morgan fingerprint density at radius 2 is 1.72 bits per heavy atom. The van der Waals surface area contributed by atoms with Crippen molar-refractivity contribution in [1.82, 2.24) is 14.7 Å². The molecule has 1 atom stereocenters. The van der Waals surface area contributed by atoms with Crippen LogP contribution in [0.15, 0.2) is 54.6 Å². The van der Waals surface area contributed by atoms with Gasteiger partial charge in [-0.25, -0.2) is 4.68 Å². The Hall–Kier alpha value is -2.87. The van der Waals surface area contributed by atoms with E-state index in [1.807, 2.05) is 59.3 Å². The van der Waals surface area contributed by atoms with Crippen molar-refractivity contribution in [1.29, 1.82) is 0 Å². The minimum atomic E-state index is -0.544. The number of aryl methyl sites for hydroxylation is 1. The third kappa shape index (κ3) is 6.66. The van der Waals surface area contributed by atoms with Crippen LogP contribution < -0.4 is 9.47 Å². The first-order valence-corrected chi connectivity index (χ1v) is 13.0. The first kappa shape index (κ1) is 26.2. The number of hydrogen-bond acceptors (Lipinski definition) is 6. The van der Waals surface area contributed by atoms with E-state index in [1.54, 1.807) is 7.11 Å². The second kappa shape index (κ2) is 12.4. The Balaban J connectivity index is 1.66. The molecule has 0 bridgehead atoms. The fourth-order valence-electron chi connectivity index (χ4n) is 4.33. The van der Waals surface area contributed by atoms with Crippen LogP contribution in [0.5, 0.6) is 17.4 Å². The highest BCUT2D eigenvalue weighted by atomic mass is 16.5. The number of nitrogens with zero attached hydrogens (tertiary/aromatic N) is 3. The van der Waals surface area contributed by atoms with Crippen LogP contribution in [-0.2, 0) is 17.7 Å². The van der Waals surface area contributed by atoms with Gasteiger partial charge in [0.1, 0.15) is 0 Å². The quantitative estimate of drug-likeness (QED) is 0.332. The molecule has 1 fully saturated rings. The van der Waals surface area contributed by atoms with Gasteiger partial charge in [0, 0.05) is 25.7 Å². The smallest absolute Gasteiger partial charge is 0.227 e. The van der Waals surface area contributed by atoms with Gasteiger partial charge in [0.05, 0.1) is 36.8 Å². The van der Waals surface area contributed by atoms with Crippen molar-refractivity contribution in [3.05, 3.63) is 65.9 Å². The normalized spacial score (nSPS) is 14.4. The topological polar surface area (TPSA) is 69.0 Å². The Labute approximate surface area is 214 Å². The Bertz CT molecular complexity index is 1100. The van der Waals surface area contributed by atoms with Crippen molar-refractivity contribution in [2.24, 2.45) is 5.92 Å². The molecule has 0 spiro atoms. The van der Waals surface area contributed by atoms with Crippen LogP contribution in [0.2, 0.25) is 0 Å². The van der Waals surface area contributed by atoms with Gasteiger partial charge in [0.2, 0.25) is 5.88 Å². The molecule has 7 heteroatoms. The molecule has 3 aromatic rings. The number of aromatic nitrogens is 2. The van der Waals surface area contributed by atoms with Gasteiger partial charge in [0.25, 0.3) is 0 Å². The van der Waals surface area contributed by atoms with E-state index in [0.717, 1.165) is 36.2 Å². The first-order valence-electron chi connectivity index (χ1n) is 13.0. The molecule has 0 amide bonds. The third-order valence-corrected chi connectivity index (χ3v) is 6.26. The highest BCUT2D eigenvalue weighted by Crippen LogP contribution is 2.38. The molecule has 7 nitrogen and oxygen atoms in total. The molecule has 1 aliphatic carbocycles. The average Bonchev–Trinajstić information content (AvgIpc) is 3.68. The number of benzene rings is 2. The summed E-state index contributed by atoms with van der Waals surface area (Å²) in [6.07, 6.45) is 2.50. The Kier molecular flexibility index (Phi) is 9.02. The van der Waals surface area contributed by atoms with Crippen LogP contribution in [0.4, 0.5) is 0 Å². The van der Waals surface area contributed by atoms with Gasteiger partial charge >= 0.3 is 0 Å². The van der Waals surface area contributed by atoms with Crippen LogP contribution >= 0.6 is 0 Å². The monoisotopic (exact) mass is 493 g/mol. The summed E-state index contributed by atoms with van der Waals surface area (Å²) in [6, 6.07) is 18.2. The predicted octanol–water partition coefficient (Wildman–Crippen LogP) is 5.23. The molecule has 2 aromatic carbocycles. The van der Waals surface area contributed by atoms with Gasteiger partial charge in [-0.3, -0.25) is 4.90 Å². The van der Waals surface area contributed by atoms with Crippen molar-refractivity contribution in [3.63, 3.8) is 0 Å². The van der Waals surface area contributed by atoms with Gasteiger partial charge in [-0.05, 0) is 49.4 Å². The Morgan fingerprint density at radius 3 is 2.36 bits per heavy atom. The van der Waals surface area contributed by atoms with E-state index >= 15 is 0 Å². The number of methoxy groups -OCH3 is 1. The number of aliphatic hydroxyl groups is 1. The number of para-hydroxylation sites is 3. The molecule has 0 aliphatic heterocycles. The lowest BCUT2D eigenvalue weighted by atomic mass is 10.1. The van der Waals surface area contributed by atoms with Crippen molar-refractivity contribution in [3.8, 4) is 23.1 Å². The summed E-state index contributed by atoms with van der Waals surface area (Å²) < 4.78 is 19.7. The fourth-order valence-corrected chi connectivity index (χ4v) is 4.33. The van der Waals surface area contributed by atoms with E-state index in [2.05, 4.69) is 25.7 Å². The Morgan fingerprint density at radius 1 is 1.03 bits per heavy atom. The van der Waals surface area contributed by atoms with E-state index in [4.69, 9.17) is 19.3 Å². The molecule has 36 heavy (non-hydrogen) atoms. The molecule has 1 heterocycles. The zero-order valence-corrected chi connectivity index (χ0v) is 21.9. The molecule has 0 unspecified atom stereocenters. The standard InChI is InChI=1S/C29H39N3O4/c1-5-26-25(18-31(22-15-16-22)17-24(33)20-35-19-21(2)3)29(32(30-26)23-11-7-6-8-12-23)36-28-14-10-9-13-27(28)34-4/h6-14,21-22,24,33H,5,15-20H2,1-4H3/t24-/m0/s1. The fraction of sp³-hybridized carbons (Fsp3) is 0.483. The predicted molar refractivity (Wildman–Crippen MR) is 141 cm³/mol. The zero-order valence-electron chi connectivity index (χ0n) is 21.9. The van der Waals surface area contributed by atoms with Gasteiger partial charge in [-0.15, -0.1) is 0 Å². The lowest BCUT2D eigenvalue weighted by molar-refractivity contribution is 0.00535. The van der Waals surface area contributed by atoms with E-state index in [1.165, 1.54) is 0 Å². The van der Waals surface area contributed by atoms with Crippen molar-refractivity contribution in [2.45, 2.75) is 58.7 Å². The number of hydrogen-bond donors (Lipinski definition) is 1. The molecular formula is C29H39N3O4. The van der Waals surface area contributed by atoms with E-state index in [-0.39, 0.29) is 0 Å². The molecule has 4 rings (SSSR count). The molecule has 1 N–H and O–H groups in total. The lowest BCUT2D eigenvalue weighted by Gasteiger charge is -2.25. The molecule has 1 aliphatic rings. The third-order valence-electron chi connectivity index (χ3n) is 6.26. The molecular weight excluding hydrogens is 454 g/mol. The van der Waals surface area contributed by atoms with Crippen LogP contribution in [0, 0.1) is 5.92 Å². The summed E-state index contributed by atoms with van der Waals surface area (Å²) in [5.41, 5.74) is 2.96. The second-order valence-corrected chi connectivity index (χ2v) is 9.83. The maximum Gasteiger partial charge on any atom is 0.227 e. The molecule has 194 valence electrons. The average molecular weight is 494 g/mol. The van der Waals surface area contributed by atoms with Crippen molar-refractivity contribution >= 4 is 0 Å². The van der Waals surface area contributed by atoms with Crippen LogP contribution in [0.1, 0.15) is 44.9 Å². The summed E-state index contributed by atoms with van der Waals surface area (Å²) in [7, 11) is 1.65. The molecule has 1 saturated carbocycles. The summed E-state index contributed by atoms with van der Waals surface area (Å²) in [5.74, 6) is 2.43. The first-order chi connectivity index (χ1) is 17.5. The lowest BCUT2D eigenvalue weighted by Crippen LogP contribution is -2.36. The second-order valence-electron chi connectivity index (χ2n) is 9.83. The zero-order chi connectivity index (χ0) is 25.5. The highest BCUT2D eigenvalue weighted by molar-refractivity contribution is 5.47. The van der Waals surface area contributed by atoms with Crippen LogP contribution in [0.3, 0.4) is 0 Å². The summed E-state index contributed by atoms with van der Waals surface area (Å²) in [5, 5.41) is 15.7. The van der Waals surface area contributed by atoms with Gasteiger partial charge in [-0.1, -0.05) is 51.1 Å². The van der Waals surface area contributed by atoms with Crippen molar-refractivity contribution in [2.75, 3.05) is 26.9 Å². The van der Waals surface area contributed by atoms with E-state index in [9.17, 15) is 5.11 Å². The van der Waals surface area contributed by atoms with Crippen molar-refractivity contribution < 1.29 is 19.3 Å². The maximum atomic E-state index is 10.7. The summed E-state index contributed by atoms with van der Waals surface area (Å²) in [6.45, 7) is 8.54. The molecule has 0 saturated heterocycles. The summed E-state index contributed by atoms with van der Waals surface area (Å²) >= 11 is 0. The largest absolute Gasteiger partial charge is 0.493 e. The van der Waals surface area contributed by atoms with Gasteiger partial charge in [0.15, 0.2) is 11.5 Å².